The number of carbonyl (C=O) groups excluding carboxylic acids is 1. The molecule has 0 radical (unpaired) electrons. The van der Waals surface area contributed by atoms with Gasteiger partial charge in [0.2, 0.25) is 0 Å². The number of nitrogens with zero attached hydrogens (tertiary/aromatic N) is 1. The van der Waals surface area contributed by atoms with Crippen molar-refractivity contribution < 1.29 is 14.4 Å². The quantitative estimate of drug-likeness (QED) is 0.192. The van der Waals surface area contributed by atoms with Gasteiger partial charge in [0.1, 0.15) is 18.1 Å². The van der Waals surface area contributed by atoms with Crippen LogP contribution < -0.4 is 4.74 Å². The molecule has 3 aromatic rings. The standard InChI is InChI=1S/C29H33NO3/c1-19(2)25-11-9-12-26(20(3)4)28(25)18-32-30-21(5)23-14-16-24(17-15-23)33-29-13-8-7-10-27(29)22(6)31/h7-17,19-20H,18H2,1-6H3/b30-21+. The minimum absolute atomic E-state index is 0.0259. The third-order valence-corrected chi connectivity index (χ3v) is 5.67. The zero-order valence-corrected chi connectivity index (χ0v) is 20.4. The van der Waals surface area contributed by atoms with Crippen LogP contribution in [-0.2, 0) is 11.4 Å². The first kappa shape index (κ1) is 24.2. The molecule has 3 rings (SSSR count). The van der Waals surface area contributed by atoms with Crippen molar-refractivity contribution >= 4 is 11.5 Å². The van der Waals surface area contributed by atoms with Crippen LogP contribution in [-0.4, -0.2) is 11.5 Å². The Morgan fingerprint density at radius 2 is 1.42 bits per heavy atom. The van der Waals surface area contributed by atoms with Crippen LogP contribution in [0.3, 0.4) is 0 Å². The maximum atomic E-state index is 11.8. The Kier molecular flexibility index (Phi) is 8.05. The molecule has 0 aliphatic heterocycles. The lowest BCUT2D eigenvalue weighted by atomic mass is 9.89. The van der Waals surface area contributed by atoms with Gasteiger partial charge >= 0.3 is 0 Å². The number of hydrogen-bond donors (Lipinski definition) is 0. The topological polar surface area (TPSA) is 47.9 Å². The van der Waals surface area contributed by atoms with Crippen LogP contribution in [0.4, 0.5) is 0 Å². The van der Waals surface area contributed by atoms with Gasteiger partial charge in [-0.2, -0.15) is 0 Å². The minimum Gasteiger partial charge on any atom is -0.457 e. The third kappa shape index (κ3) is 6.10. The van der Waals surface area contributed by atoms with Crippen LogP contribution in [0.1, 0.15) is 86.0 Å². The molecule has 0 aromatic heterocycles. The van der Waals surface area contributed by atoms with E-state index < -0.39 is 0 Å². The molecule has 0 unspecified atom stereocenters. The molecule has 0 fully saturated rings. The van der Waals surface area contributed by atoms with Crippen LogP contribution in [0.5, 0.6) is 11.5 Å². The largest absolute Gasteiger partial charge is 0.457 e. The molecule has 0 saturated carbocycles. The number of carbonyl (C=O) groups is 1. The Balaban J connectivity index is 1.71. The molecule has 0 aliphatic carbocycles. The molecule has 4 heteroatoms. The Morgan fingerprint density at radius 3 is 2.00 bits per heavy atom. The zero-order valence-electron chi connectivity index (χ0n) is 20.4. The van der Waals surface area contributed by atoms with Gasteiger partial charge in [-0.05, 0) is 84.3 Å². The van der Waals surface area contributed by atoms with Gasteiger partial charge in [0.25, 0.3) is 0 Å². The molecule has 0 N–H and O–H groups in total. The fourth-order valence-electron chi connectivity index (χ4n) is 3.86. The van der Waals surface area contributed by atoms with Crippen LogP contribution in [0, 0.1) is 0 Å². The first-order valence-electron chi connectivity index (χ1n) is 11.4. The Hall–Kier alpha value is -3.40. The van der Waals surface area contributed by atoms with E-state index in [9.17, 15) is 4.79 Å². The molecule has 33 heavy (non-hydrogen) atoms. The lowest BCUT2D eigenvalue weighted by Crippen LogP contribution is -2.05. The van der Waals surface area contributed by atoms with E-state index in [-0.39, 0.29) is 5.78 Å². The second-order valence-corrected chi connectivity index (χ2v) is 8.85. The van der Waals surface area contributed by atoms with Gasteiger partial charge < -0.3 is 9.57 Å². The number of Topliss-reactive ketones (excluding diaryl/α,β-unsaturated/α-hetero) is 1. The summed E-state index contributed by atoms with van der Waals surface area (Å²) in [7, 11) is 0. The third-order valence-electron chi connectivity index (χ3n) is 5.67. The molecular weight excluding hydrogens is 410 g/mol. The van der Waals surface area contributed by atoms with E-state index in [4.69, 9.17) is 9.57 Å². The molecule has 0 spiro atoms. The van der Waals surface area contributed by atoms with Crippen LogP contribution >= 0.6 is 0 Å². The number of ketones is 1. The summed E-state index contributed by atoms with van der Waals surface area (Å²) < 4.78 is 5.92. The number of ether oxygens (including phenoxy) is 1. The molecule has 0 aliphatic rings. The number of oxime groups is 1. The number of para-hydroxylation sites is 1. The molecular formula is C29H33NO3. The molecule has 172 valence electrons. The summed E-state index contributed by atoms with van der Waals surface area (Å²) in [5, 5.41) is 4.37. The van der Waals surface area contributed by atoms with E-state index in [1.54, 1.807) is 12.1 Å². The van der Waals surface area contributed by atoms with Gasteiger partial charge in [0.05, 0.1) is 11.3 Å². The first-order valence-corrected chi connectivity index (χ1v) is 11.4. The smallest absolute Gasteiger partial charge is 0.163 e. The SMILES string of the molecule is CC(=O)c1ccccc1Oc1ccc(/C(C)=N/OCc2c(C(C)C)cccc2C(C)C)cc1. The first-order chi connectivity index (χ1) is 15.8. The summed E-state index contributed by atoms with van der Waals surface area (Å²) in [4.78, 5) is 17.6. The van der Waals surface area contributed by atoms with Gasteiger partial charge in [-0.25, -0.2) is 0 Å². The maximum absolute atomic E-state index is 11.8. The van der Waals surface area contributed by atoms with E-state index in [0.29, 0.717) is 35.5 Å². The van der Waals surface area contributed by atoms with Crippen molar-refractivity contribution in [1.82, 2.24) is 0 Å². The van der Waals surface area contributed by atoms with E-state index in [1.165, 1.54) is 23.6 Å². The van der Waals surface area contributed by atoms with Gasteiger partial charge in [0, 0.05) is 0 Å². The van der Waals surface area contributed by atoms with Crippen molar-refractivity contribution in [1.29, 1.82) is 0 Å². The Labute approximate surface area is 197 Å². The van der Waals surface area contributed by atoms with Gasteiger partial charge in [0.15, 0.2) is 5.78 Å². The number of rotatable bonds is 9. The Bertz CT molecular complexity index is 1100. The normalized spacial score (nSPS) is 11.7. The van der Waals surface area contributed by atoms with E-state index in [1.807, 2.05) is 43.3 Å². The fourth-order valence-corrected chi connectivity index (χ4v) is 3.86. The molecule has 0 saturated heterocycles. The summed E-state index contributed by atoms with van der Waals surface area (Å²) in [5.74, 6) is 2.04. The highest BCUT2D eigenvalue weighted by Gasteiger charge is 2.14. The average Bonchev–Trinajstić information content (AvgIpc) is 2.79. The second-order valence-electron chi connectivity index (χ2n) is 8.85. The van der Waals surface area contributed by atoms with E-state index in [2.05, 4.69) is 51.0 Å². The van der Waals surface area contributed by atoms with Crippen molar-refractivity contribution in [3.05, 3.63) is 94.5 Å². The van der Waals surface area contributed by atoms with Crippen molar-refractivity contribution in [2.24, 2.45) is 5.16 Å². The molecule has 0 heterocycles. The molecule has 0 atom stereocenters. The summed E-state index contributed by atoms with van der Waals surface area (Å²) in [6.07, 6.45) is 0. The summed E-state index contributed by atoms with van der Waals surface area (Å²) in [6, 6.07) is 21.3. The van der Waals surface area contributed by atoms with Gasteiger partial charge in [-0.1, -0.05) is 63.2 Å². The predicted octanol–water partition coefficient (Wildman–Crippen LogP) is 7.87. The van der Waals surface area contributed by atoms with Gasteiger partial charge in [-0.3, -0.25) is 4.79 Å². The van der Waals surface area contributed by atoms with Crippen LogP contribution in [0.25, 0.3) is 0 Å². The molecule has 0 bridgehead atoms. The van der Waals surface area contributed by atoms with E-state index >= 15 is 0 Å². The Morgan fingerprint density at radius 1 is 0.818 bits per heavy atom. The lowest BCUT2D eigenvalue weighted by Gasteiger charge is -2.18. The molecule has 0 amide bonds. The minimum atomic E-state index is -0.0259. The van der Waals surface area contributed by atoms with Crippen LogP contribution in [0.2, 0.25) is 0 Å². The molecule has 4 nitrogen and oxygen atoms in total. The fraction of sp³-hybridized carbons (Fsp3) is 0.310. The highest BCUT2D eigenvalue weighted by molar-refractivity contribution is 5.98. The van der Waals surface area contributed by atoms with Gasteiger partial charge in [-0.15, -0.1) is 0 Å². The van der Waals surface area contributed by atoms with Crippen molar-refractivity contribution in [3.8, 4) is 11.5 Å². The number of hydrogen-bond acceptors (Lipinski definition) is 4. The maximum Gasteiger partial charge on any atom is 0.163 e. The summed E-state index contributed by atoms with van der Waals surface area (Å²) >= 11 is 0. The van der Waals surface area contributed by atoms with Crippen LogP contribution in [0.15, 0.2) is 71.9 Å². The summed E-state index contributed by atoms with van der Waals surface area (Å²) in [6.45, 7) is 12.7. The highest BCUT2D eigenvalue weighted by Crippen LogP contribution is 2.29. The van der Waals surface area contributed by atoms with E-state index in [0.717, 1.165) is 11.3 Å². The van der Waals surface area contributed by atoms with Crippen molar-refractivity contribution in [2.75, 3.05) is 0 Å². The monoisotopic (exact) mass is 443 g/mol. The van der Waals surface area contributed by atoms with Crippen molar-refractivity contribution in [2.45, 2.75) is 60.0 Å². The highest BCUT2D eigenvalue weighted by atomic mass is 16.6. The van der Waals surface area contributed by atoms with Crippen molar-refractivity contribution in [3.63, 3.8) is 0 Å². The average molecular weight is 444 g/mol. The summed E-state index contributed by atoms with van der Waals surface area (Å²) in [5.41, 5.74) is 6.15. The molecule has 3 aromatic carbocycles. The number of benzene rings is 3. The predicted molar refractivity (Wildman–Crippen MR) is 135 cm³/mol. The lowest BCUT2D eigenvalue weighted by molar-refractivity contribution is 0.101. The zero-order chi connectivity index (χ0) is 24.0. The second kappa shape index (κ2) is 11.0.